The van der Waals surface area contributed by atoms with Crippen molar-refractivity contribution in [3.05, 3.63) is 12.4 Å². The molecule has 0 aliphatic heterocycles. The lowest BCUT2D eigenvalue weighted by Gasteiger charge is -2.08. The van der Waals surface area contributed by atoms with Crippen LogP contribution in [0.15, 0.2) is 12.4 Å². The molecule has 1 heterocycles. The first-order valence-electron chi connectivity index (χ1n) is 4.94. The second kappa shape index (κ2) is 5.74. The fraction of sp³-hybridized carbons (Fsp3) is 0.667. The quantitative estimate of drug-likeness (QED) is 0.761. The van der Waals surface area contributed by atoms with Crippen LogP contribution in [0.3, 0.4) is 0 Å². The van der Waals surface area contributed by atoms with Crippen molar-refractivity contribution in [3.63, 3.8) is 0 Å². The molecule has 1 N–H and O–H groups in total. The molecule has 0 saturated heterocycles. The molecular formula is C9H14F3N3O. The van der Waals surface area contributed by atoms with E-state index in [2.05, 4.69) is 10.4 Å². The number of nitrogens with zero attached hydrogens (tertiary/aromatic N) is 2. The van der Waals surface area contributed by atoms with Crippen LogP contribution in [0.1, 0.15) is 6.92 Å². The zero-order chi connectivity index (χ0) is 12.0. The van der Waals surface area contributed by atoms with Gasteiger partial charge in [0, 0.05) is 13.1 Å². The third-order valence-corrected chi connectivity index (χ3v) is 1.81. The Balaban J connectivity index is 2.11. The topological polar surface area (TPSA) is 39.1 Å². The van der Waals surface area contributed by atoms with Crippen LogP contribution in [0, 0.1) is 0 Å². The Hall–Kier alpha value is -1.24. The van der Waals surface area contributed by atoms with Gasteiger partial charge in [-0.05, 0) is 6.92 Å². The number of nitrogens with one attached hydrogen (secondary N) is 1. The van der Waals surface area contributed by atoms with Crippen LogP contribution >= 0.6 is 0 Å². The van der Waals surface area contributed by atoms with Gasteiger partial charge in [-0.25, -0.2) is 0 Å². The molecule has 0 saturated carbocycles. The van der Waals surface area contributed by atoms with E-state index in [0.29, 0.717) is 5.75 Å². The van der Waals surface area contributed by atoms with E-state index in [9.17, 15) is 13.2 Å². The SMILES string of the molecule is CCn1cc(OCCNCC(F)(F)F)cn1. The lowest BCUT2D eigenvalue weighted by atomic mass is 10.5. The summed E-state index contributed by atoms with van der Waals surface area (Å²) in [6.45, 7) is 2.00. The summed E-state index contributed by atoms with van der Waals surface area (Å²) in [4.78, 5) is 0. The Morgan fingerprint density at radius 3 is 2.81 bits per heavy atom. The van der Waals surface area contributed by atoms with Crippen molar-refractivity contribution in [1.82, 2.24) is 15.1 Å². The van der Waals surface area contributed by atoms with Crippen molar-refractivity contribution >= 4 is 0 Å². The molecule has 0 aliphatic rings. The predicted molar refractivity (Wildman–Crippen MR) is 52.3 cm³/mol. The van der Waals surface area contributed by atoms with Crippen LogP contribution in [-0.4, -0.2) is 35.7 Å². The molecule has 92 valence electrons. The highest BCUT2D eigenvalue weighted by Crippen LogP contribution is 2.12. The van der Waals surface area contributed by atoms with Crippen molar-refractivity contribution in [2.45, 2.75) is 19.6 Å². The summed E-state index contributed by atoms with van der Waals surface area (Å²) in [6, 6.07) is 0. The van der Waals surface area contributed by atoms with E-state index in [1.807, 2.05) is 6.92 Å². The van der Waals surface area contributed by atoms with E-state index in [1.165, 1.54) is 6.20 Å². The van der Waals surface area contributed by atoms with E-state index in [-0.39, 0.29) is 13.2 Å². The molecule has 1 aromatic heterocycles. The lowest BCUT2D eigenvalue weighted by molar-refractivity contribution is -0.124. The fourth-order valence-corrected chi connectivity index (χ4v) is 1.06. The number of hydrogen-bond acceptors (Lipinski definition) is 3. The molecule has 16 heavy (non-hydrogen) atoms. The number of ether oxygens (including phenoxy) is 1. The van der Waals surface area contributed by atoms with Gasteiger partial charge in [0.15, 0.2) is 5.75 Å². The molecule has 1 aromatic rings. The Bertz CT molecular complexity index is 311. The number of aryl methyl sites for hydroxylation is 1. The van der Waals surface area contributed by atoms with Crippen molar-refractivity contribution in [2.75, 3.05) is 19.7 Å². The standard InChI is InChI=1S/C9H14F3N3O/c1-2-15-6-8(5-14-15)16-4-3-13-7-9(10,11)12/h5-6,13H,2-4,7H2,1H3. The molecule has 0 spiro atoms. The normalized spacial score (nSPS) is 11.8. The molecule has 0 bridgehead atoms. The summed E-state index contributed by atoms with van der Waals surface area (Å²) in [5.74, 6) is 0.565. The summed E-state index contributed by atoms with van der Waals surface area (Å²) in [6.07, 6.45) is -0.940. The largest absolute Gasteiger partial charge is 0.489 e. The lowest BCUT2D eigenvalue weighted by Crippen LogP contribution is -2.31. The smallest absolute Gasteiger partial charge is 0.401 e. The van der Waals surface area contributed by atoms with Gasteiger partial charge in [0.2, 0.25) is 0 Å². The van der Waals surface area contributed by atoms with Crippen molar-refractivity contribution < 1.29 is 17.9 Å². The summed E-state index contributed by atoms with van der Waals surface area (Å²) < 4.78 is 42.1. The number of alkyl halides is 3. The van der Waals surface area contributed by atoms with Gasteiger partial charge >= 0.3 is 6.18 Å². The van der Waals surface area contributed by atoms with Crippen LogP contribution in [0.2, 0.25) is 0 Å². The van der Waals surface area contributed by atoms with Gasteiger partial charge in [-0.1, -0.05) is 0 Å². The van der Waals surface area contributed by atoms with Crippen LogP contribution in [0.5, 0.6) is 5.75 Å². The average molecular weight is 237 g/mol. The monoisotopic (exact) mass is 237 g/mol. The zero-order valence-electron chi connectivity index (χ0n) is 8.92. The van der Waals surface area contributed by atoms with Gasteiger partial charge in [0.05, 0.1) is 18.9 Å². The van der Waals surface area contributed by atoms with E-state index in [4.69, 9.17) is 4.74 Å². The first-order chi connectivity index (χ1) is 7.51. The Morgan fingerprint density at radius 1 is 1.50 bits per heavy atom. The van der Waals surface area contributed by atoms with Crippen LogP contribution in [0.25, 0.3) is 0 Å². The molecule has 0 radical (unpaired) electrons. The molecule has 1 rings (SSSR count). The van der Waals surface area contributed by atoms with Crippen molar-refractivity contribution in [2.24, 2.45) is 0 Å². The molecule has 4 nitrogen and oxygen atoms in total. The Labute approximate surface area is 91.4 Å². The van der Waals surface area contributed by atoms with E-state index < -0.39 is 12.7 Å². The highest BCUT2D eigenvalue weighted by Gasteiger charge is 2.25. The third-order valence-electron chi connectivity index (χ3n) is 1.81. The van der Waals surface area contributed by atoms with E-state index in [0.717, 1.165) is 6.54 Å². The fourth-order valence-electron chi connectivity index (χ4n) is 1.06. The molecule has 0 aromatic carbocycles. The molecule has 0 amide bonds. The first kappa shape index (κ1) is 12.8. The highest BCUT2D eigenvalue weighted by molar-refractivity contribution is 5.11. The molecule has 0 fully saturated rings. The maximum atomic E-state index is 11.7. The summed E-state index contributed by atoms with van der Waals surface area (Å²) in [7, 11) is 0. The number of halogens is 3. The predicted octanol–water partition coefficient (Wildman–Crippen LogP) is 1.43. The zero-order valence-corrected chi connectivity index (χ0v) is 8.92. The molecule has 0 unspecified atom stereocenters. The molecular weight excluding hydrogens is 223 g/mol. The van der Waals surface area contributed by atoms with Crippen molar-refractivity contribution in [1.29, 1.82) is 0 Å². The summed E-state index contributed by atoms with van der Waals surface area (Å²) in [5.41, 5.74) is 0. The third kappa shape index (κ3) is 5.01. The second-order valence-electron chi connectivity index (χ2n) is 3.17. The second-order valence-corrected chi connectivity index (χ2v) is 3.17. The number of aromatic nitrogens is 2. The van der Waals surface area contributed by atoms with Crippen LogP contribution in [0.4, 0.5) is 13.2 Å². The minimum Gasteiger partial charge on any atom is -0.489 e. The van der Waals surface area contributed by atoms with Gasteiger partial charge in [-0.15, -0.1) is 0 Å². The molecule has 0 atom stereocenters. The minimum absolute atomic E-state index is 0.150. The molecule has 0 aliphatic carbocycles. The van der Waals surface area contributed by atoms with E-state index in [1.54, 1.807) is 10.9 Å². The first-order valence-corrected chi connectivity index (χ1v) is 4.94. The van der Waals surface area contributed by atoms with Gasteiger partial charge in [0.25, 0.3) is 0 Å². The minimum atomic E-state index is -4.17. The molecule has 7 heteroatoms. The van der Waals surface area contributed by atoms with Crippen molar-refractivity contribution in [3.8, 4) is 5.75 Å². The summed E-state index contributed by atoms with van der Waals surface area (Å²) >= 11 is 0. The Kier molecular flexibility index (Phi) is 4.60. The highest BCUT2D eigenvalue weighted by atomic mass is 19.4. The van der Waals surface area contributed by atoms with Gasteiger partial charge < -0.3 is 10.1 Å². The van der Waals surface area contributed by atoms with E-state index >= 15 is 0 Å². The number of rotatable bonds is 6. The summed E-state index contributed by atoms with van der Waals surface area (Å²) in [5, 5.41) is 6.20. The van der Waals surface area contributed by atoms with Gasteiger partial charge in [0.1, 0.15) is 6.61 Å². The maximum Gasteiger partial charge on any atom is 0.401 e. The van der Waals surface area contributed by atoms with Gasteiger partial charge in [-0.2, -0.15) is 18.3 Å². The van der Waals surface area contributed by atoms with Gasteiger partial charge in [-0.3, -0.25) is 4.68 Å². The average Bonchev–Trinajstić information content (AvgIpc) is 2.63. The Morgan fingerprint density at radius 2 is 2.25 bits per heavy atom. The van der Waals surface area contributed by atoms with Crippen LogP contribution < -0.4 is 10.1 Å². The maximum absolute atomic E-state index is 11.7. The number of hydrogen-bond donors (Lipinski definition) is 1. The van der Waals surface area contributed by atoms with Crippen LogP contribution in [-0.2, 0) is 6.54 Å².